The first-order valence-corrected chi connectivity index (χ1v) is 9.55. The minimum atomic E-state index is -0.888. The molecule has 0 heterocycles. The summed E-state index contributed by atoms with van der Waals surface area (Å²) in [7, 11) is -0.888. The monoisotopic (exact) mass is 259 g/mol. The summed E-state index contributed by atoms with van der Waals surface area (Å²) in [5.74, 6) is 0. The van der Waals surface area contributed by atoms with Crippen molar-refractivity contribution in [1.29, 1.82) is 0 Å². The van der Waals surface area contributed by atoms with Crippen molar-refractivity contribution in [3.05, 3.63) is 0 Å². The fraction of sp³-hybridized carbons (Fsp3) is 1.00. The molecule has 1 nitrogen and oxygen atoms in total. The Morgan fingerprint density at radius 2 is 1.00 bits per heavy atom. The summed E-state index contributed by atoms with van der Waals surface area (Å²) >= 11 is 0. The van der Waals surface area contributed by atoms with E-state index in [1.54, 1.807) is 0 Å². The zero-order chi connectivity index (χ0) is 12.8. The van der Waals surface area contributed by atoms with E-state index in [4.69, 9.17) is 0 Å². The second-order valence-corrected chi connectivity index (χ2v) is 6.94. The van der Waals surface area contributed by atoms with Gasteiger partial charge in [0.1, 0.15) is 12.8 Å². The Kier molecular flexibility index (Phi) is 14.2. The number of hydrogen-bond donors (Lipinski definition) is 0. The maximum absolute atomic E-state index is 10.9. The average Bonchev–Trinajstić information content (AvgIpc) is 2.30. The Morgan fingerprint density at radius 1 is 0.647 bits per heavy atom. The third-order valence-corrected chi connectivity index (χ3v) is 4.27. The van der Waals surface area contributed by atoms with E-state index in [9.17, 15) is 4.57 Å². The van der Waals surface area contributed by atoms with Gasteiger partial charge in [-0.15, -0.1) is 0 Å². The van der Waals surface area contributed by atoms with Crippen LogP contribution in [0, 0.1) is 0 Å². The van der Waals surface area contributed by atoms with Crippen LogP contribution < -0.4 is 0 Å². The van der Waals surface area contributed by atoms with Crippen LogP contribution in [0.1, 0.15) is 84.0 Å². The van der Waals surface area contributed by atoms with Crippen molar-refractivity contribution in [3.8, 4) is 0 Å². The summed E-state index contributed by atoms with van der Waals surface area (Å²) in [6.45, 7) is 4.11. The summed E-state index contributed by atoms with van der Waals surface area (Å²) in [6, 6.07) is 0. The molecule has 102 valence electrons. The van der Waals surface area contributed by atoms with E-state index in [2.05, 4.69) is 6.92 Å². The van der Waals surface area contributed by atoms with Crippen molar-refractivity contribution in [2.75, 3.05) is 12.8 Å². The Hall–Kier alpha value is 0.100. The molecule has 0 spiro atoms. The van der Waals surface area contributed by atoms with E-state index in [1.807, 2.05) is 6.66 Å². The van der Waals surface area contributed by atoms with Crippen LogP contribution in [0.15, 0.2) is 0 Å². The summed E-state index contributed by atoms with van der Waals surface area (Å²) < 4.78 is 10.9. The molecule has 0 aliphatic rings. The lowest BCUT2D eigenvalue weighted by Gasteiger charge is -2.01. The molecule has 2 heteroatoms. The molecule has 0 rings (SSSR count). The van der Waals surface area contributed by atoms with Gasteiger partial charge in [-0.1, -0.05) is 75.7 Å². The quantitative estimate of drug-likeness (QED) is 0.286. The minimum absolute atomic E-state index is 0.888. The van der Waals surface area contributed by atoms with Crippen LogP contribution in [0.25, 0.3) is 0 Å². The van der Waals surface area contributed by atoms with Gasteiger partial charge in [0.25, 0.3) is 0 Å². The molecule has 0 N–H and O–H groups in total. The molecule has 0 saturated carbocycles. The zero-order valence-electron chi connectivity index (χ0n) is 12.0. The summed E-state index contributed by atoms with van der Waals surface area (Å²) in [5.41, 5.74) is 0. The third kappa shape index (κ3) is 16.1. The summed E-state index contributed by atoms with van der Waals surface area (Å²) in [6.07, 6.45) is 17.5. The fourth-order valence-corrected chi connectivity index (χ4v) is 2.84. The average molecular weight is 259 g/mol. The molecule has 0 aliphatic carbocycles. The molecule has 1 atom stereocenters. The largest absolute Gasteiger partial charge is 0.335 e. The second-order valence-electron chi connectivity index (χ2n) is 5.24. The van der Waals surface area contributed by atoms with E-state index < -0.39 is 7.80 Å². The highest BCUT2D eigenvalue weighted by Gasteiger charge is 2.03. The fourth-order valence-electron chi connectivity index (χ4n) is 2.18. The van der Waals surface area contributed by atoms with Crippen molar-refractivity contribution < 1.29 is 4.57 Å². The molecule has 0 saturated heterocycles. The second kappa shape index (κ2) is 14.2. The molecule has 0 fully saturated rings. The van der Waals surface area contributed by atoms with Gasteiger partial charge in [0.15, 0.2) is 0 Å². The highest BCUT2D eigenvalue weighted by Crippen LogP contribution is 2.17. The Balaban J connectivity index is 2.91. The number of hydrogen-bond acceptors (Lipinski definition) is 1. The zero-order valence-corrected chi connectivity index (χ0v) is 12.9. The molecule has 0 aliphatic heterocycles. The van der Waals surface area contributed by atoms with Crippen molar-refractivity contribution >= 4 is 7.80 Å². The van der Waals surface area contributed by atoms with E-state index >= 15 is 0 Å². The van der Waals surface area contributed by atoms with E-state index in [-0.39, 0.29) is 0 Å². The lowest BCUT2D eigenvalue weighted by atomic mass is 10.1. The van der Waals surface area contributed by atoms with E-state index in [0.29, 0.717) is 0 Å². The molecule has 0 bridgehead atoms. The third-order valence-electron chi connectivity index (χ3n) is 3.33. The standard InChI is InChI=1S/C15H32OP/c1-3-4-5-6-7-8-9-10-11-12-13-14-15-17(2)16/h3-15H2,1-2H3/q+1. The smallest absolute Gasteiger partial charge is 0.0752 e. The molecule has 0 aromatic rings. The highest BCUT2D eigenvalue weighted by molar-refractivity contribution is 7.43. The van der Waals surface area contributed by atoms with Gasteiger partial charge >= 0.3 is 7.80 Å². The van der Waals surface area contributed by atoms with Crippen LogP contribution in [-0.4, -0.2) is 12.8 Å². The van der Waals surface area contributed by atoms with Gasteiger partial charge in [-0.25, -0.2) is 0 Å². The van der Waals surface area contributed by atoms with Crippen molar-refractivity contribution in [2.24, 2.45) is 0 Å². The van der Waals surface area contributed by atoms with Crippen molar-refractivity contribution in [2.45, 2.75) is 84.0 Å². The van der Waals surface area contributed by atoms with Gasteiger partial charge in [-0.3, -0.25) is 0 Å². The Labute approximate surface area is 110 Å². The van der Waals surface area contributed by atoms with Crippen molar-refractivity contribution in [1.82, 2.24) is 0 Å². The molecule has 0 aromatic heterocycles. The van der Waals surface area contributed by atoms with Gasteiger partial charge in [-0.05, 0) is 12.8 Å². The van der Waals surface area contributed by atoms with Gasteiger partial charge in [0.2, 0.25) is 0 Å². The van der Waals surface area contributed by atoms with Gasteiger partial charge in [-0.2, -0.15) is 0 Å². The first-order valence-electron chi connectivity index (χ1n) is 7.65. The Bertz CT molecular complexity index is 168. The number of unbranched alkanes of at least 4 members (excludes halogenated alkanes) is 11. The van der Waals surface area contributed by atoms with E-state index in [0.717, 1.165) is 6.16 Å². The summed E-state index contributed by atoms with van der Waals surface area (Å²) in [5, 5.41) is 0. The lowest BCUT2D eigenvalue weighted by molar-refractivity contribution is 0.546. The molecule has 0 radical (unpaired) electrons. The predicted molar refractivity (Wildman–Crippen MR) is 79.5 cm³/mol. The molecule has 17 heavy (non-hydrogen) atoms. The number of rotatable bonds is 13. The SMILES string of the molecule is CCCCCCCCCCCCCC[P+](C)=O. The van der Waals surface area contributed by atoms with Crippen LogP contribution in [0.2, 0.25) is 0 Å². The van der Waals surface area contributed by atoms with Gasteiger partial charge in [0.05, 0.1) is 0 Å². The first kappa shape index (κ1) is 17.1. The van der Waals surface area contributed by atoms with Crippen LogP contribution in [0.4, 0.5) is 0 Å². The normalized spacial score (nSPS) is 11.8. The Morgan fingerprint density at radius 3 is 1.35 bits per heavy atom. The van der Waals surface area contributed by atoms with Crippen molar-refractivity contribution in [3.63, 3.8) is 0 Å². The molecule has 0 aromatic carbocycles. The molecular formula is C15H32OP+. The predicted octanol–water partition coefficient (Wildman–Crippen LogP) is 6.14. The lowest BCUT2D eigenvalue weighted by Crippen LogP contribution is -1.83. The van der Waals surface area contributed by atoms with Crippen LogP contribution >= 0.6 is 7.80 Å². The van der Waals surface area contributed by atoms with Crippen LogP contribution in [-0.2, 0) is 4.57 Å². The summed E-state index contributed by atoms with van der Waals surface area (Å²) in [4.78, 5) is 0. The molecule has 1 unspecified atom stereocenters. The van der Waals surface area contributed by atoms with E-state index in [1.165, 1.54) is 77.0 Å². The maximum Gasteiger partial charge on any atom is 0.335 e. The maximum atomic E-state index is 10.9. The highest BCUT2D eigenvalue weighted by atomic mass is 31.1. The minimum Gasteiger partial charge on any atom is -0.0752 e. The topological polar surface area (TPSA) is 17.1 Å². The van der Waals surface area contributed by atoms with Gasteiger partial charge in [0, 0.05) is 0 Å². The van der Waals surface area contributed by atoms with Gasteiger partial charge < -0.3 is 0 Å². The van der Waals surface area contributed by atoms with Crippen LogP contribution in [0.3, 0.4) is 0 Å². The van der Waals surface area contributed by atoms with Crippen LogP contribution in [0.5, 0.6) is 0 Å². The molecule has 0 amide bonds. The molecular weight excluding hydrogens is 227 g/mol. The first-order chi connectivity index (χ1) is 8.27.